The number of benzene rings is 1. The van der Waals surface area contributed by atoms with E-state index in [1.807, 2.05) is 0 Å². The number of carbonyl (C=O) groups is 2. The first kappa shape index (κ1) is 15.8. The third kappa shape index (κ3) is 3.97. The van der Waals surface area contributed by atoms with Gasteiger partial charge in [-0.2, -0.15) is 0 Å². The van der Waals surface area contributed by atoms with Gasteiger partial charge in [0.2, 0.25) is 0 Å². The highest BCUT2D eigenvalue weighted by Crippen LogP contribution is 2.22. The molecule has 0 saturated carbocycles. The number of nitro benzene ring substituents is 1. The molecule has 1 heterocycles. The van der Waals surface area contributed by atoms with E-state index in [1.54, 1.807) is 0 Å². The Morgan fingerprint density at radius 2 is 1.96 bits per heavy atom. The van der Waals surface area contributed by atoms with Crippen LogP contribution in [0.3, 0.4) is 0 Å². The second kappa shape index (κ2) is 6.93. The number of nitrogen functional groups attached to an aromatic ring is 1. The van der Waals surface area contributed by atoms with Crippen LogP contribution in [0.5, 0.6) is 0 Å². The number of esters is 1. The van der Waals surface area contributed by atoms with Gasteiger partial charge < -0.3 is 15.8 Å². The van der Waals surface area contributed by atoms with Crippen molar-refractivity contribution in [3.8, 4) is 0 Å². The predicted octanol–water partition coefficient (Wildman–Crippen LogP) is 0.762. The highest BCUT2D eigenvalue weighted by atomic mass is 16.6. The fraction of sp³-hybridized carbons (Fsp3) is 0.0769. The van der Waals surface area contributed by atoms with E-state index in [0.29, 0.717) is 0 Å². The van der Waals surface area contributed by atoms with Crippen LogP contribution < -0.4 is 11.1 Å². The highest BCUT2D eigenvalue weighted by Gasteiger charge is 2.18. The average Bonchev–Trinajstić information content (AvgIpc) is 2.53. The fourth-order valence-corrected chi connectivity index (χ4v) is 1.63. The minimum absolute atomic E-state index is 0.00225. The molecule has 0 spiro atoms. The molecule has 23 heavy (non-hydrogen) atoms. The van der Waals surface area contributed by atoms with Gasteiger partial charge in [-0.15, -0.1) is 0 Å². The van der Waals surface area contributed by atoms with Gasteiger partial charge >= 0.3 is 5.97 Å². The summed E-state index contributed by atoms with van der Waals surface area (Å²) in [6.07, 6.45) is 2.55. The van der Waals surface area contributed by atoms with Crippen LogP contribution in [0.4, 0.5) is 17.2 Å². The summed E-state index contributed by atoms with van der Waals surface area (Å²) in [6, 6.07) is 5.58. The summed E-state index contributed by atoms with van der Waals surface area (Å²) in [5, 5.41) is 13.1. The monoisotopic (exact) mass is 317 g/mol. The smallest absolute Gasteiger partial charge is 0.361 e. The second-order valence-corrected chi connectivity index (χ2v) is 4.19. The van der Waals surface area contributed by atoms with Crippen LogP contribution in [-0.2, 0) is 9.53 Å². The van der Waals surface area contributed by atoms with E-state index in [0.717, 1.165) is 0 Å². The number of hydrogen-bond acceptors (Lipinski definition) is 8. The topological polar surface area (TPSA) is 150 Å². The number of nitro groups is 1. The third-order valence-corrected chi connectivity index (χ3v) is 2.63. The molecule has 0 aliphatic carbocycles. The standard InChI is InChI=1S/C13H11N5O5/c14-12-11(15-5-6-16-12)13(20)23-7-10(19)17-8-3-1-2-4-9(8)18(21)22/h1-6H,7H2,(H2,14,16)(H,17,19). The van der Waals surface area contributed by atoms with Crippen LogP contribution in [0.25, 0.3) is 0 Å². The molecule has 0 atom stereocenters. The molecule has 10 nitrogen and oxygen atoms in total. The van der Waals surface area contributed by atoms with E-state index in [-0.39, 0.29) is 22.9 Å². The first-order valence-electron chi connectivity index (χ1n) is 6.26. The SMILES string of the molecule is Nc1nccnc1C(=O)OCC(=O)Nc1ccccc1[N+](=O)[O-]. The molecule has 118 valence electrons. The Bertz CT molecular complexity index is 764. The molecule has 0 radical (unpaired) electrons. The summed E-state index contributed by atoms with van der Waals surface area (Å²) in [4.78, 5) is 41.0. The van der Waals surface area contributed by atoms with Crippen molar-refractivity contribution in [1.29, 1.82) is 0 Å². The number of nitrogens with one attached hydrogen (secondary N) is 1. The summed E-state index contributed by atoms with van der Waals surface area (Å²) in [7, 11) is 0. The average molecular weight is 317 g/mol. The van der Waals surface area contributed by atoms with E-state index in [4.69, 9.17) is 10.5 Å². The molecule has 0 bridgehead atoms. The molecular weight excluding hydrogens is 306 g/mol. The van der Waals surface area contributed by atoms with Gasteiger partial charge in [0.05, 0.1) is 4.92 Å². The Morgan fingerprint density at radius 1 is 1.26 bits per heavy atom. The summed E-state index contributed by atoms with van der Waals surface area (Å²) >= 11 is 0. The van der Waals surface area contributed by atoms with E-state index < -0.39 is 23.4 Å². The minimum Gasteiger partial charge on any atom is -0.451 e. The van der Waals surface area contributed by atoms with Gasteiger partial charge in [-0.1, -0.05) is 12.1 Å². The zero-order chi connectivity index (χ0) is 16.8. The predicted molar refractivity (Wildman–Crippen MR) is 78.5 cm³/mol. The first-order chi connectivity index (χ1) is 11.0. The molecule has 1 aromatic heterocycles. The molecule has 1 aromatic carbocycles. The van der Waals surface area contributed by atoms with Crippen LogP contribution in [-0.4, -0.2) is 33.4 Å². The van der Waals surface area contributed by atoms with E-state index in [2.05, 4.69) is 15.3 Å². The van der Waals surface area contributed by atoms with Crippen LogP contribution in [0.1, 0.15) is 10.5 Å². The van der Waals surface area contributed by atoms with Crippen molar-refractivity contribution in [3.05, 3.63) is 52.5 Å². The number of amides is 1. The van der Waals surface area contributed by atoms with Crippen molar-refractivity contribution in [1.82, 2.24) is 9.97 Å². The summed E-state index contributed by atoms with van der Waals surface area (Å²) in [6.45, 7) is -0.652. The Kier molecular flexibility index (Phi) is 4.77. The maximum absolute atomic E-state index is 11.7. The fourth-order valence-electron chi connectivity index (χ4n) is 1.63. The van der Waals surface area contributed by atoms with Gasteiger partial charge in [-0.25, -0.2) is 14.8 Å². The maximum Gasteiger partial charge on any atom is 0.361 e. The van der Waals surface area contributed by atoms with Crippen molar-refractivity contribution in [2.24, 2.45) is 0 Å². The number of carbonyl (C=O) groups excluding carboxylic acids is 2. The molecule has 0 aliphatic rings. The molecule has 1 amide bonds. The van der Waals surface area contributed by atoms with Crippen LogP contribution >= 0.6 is 0 Å². The first-order valence-corrected chi connectivity index (χ1v) is 6.26. The van der Waals surface area contributed by atoms with Gasteiger partial charge in [-0.3, -0.25) is 14.9 Å². The Hall–Kier alpha value is -3.56. The molecule has 3 N–H and O–H groups in total. The number of para-hydroxylation sites is 2. The summed E-state index contributed by atoms with van der Waals surface area (Å²) < 4.78 is 4.74. The molecular formula is C13H11N5O5. The molecule has 0 aliphatic heterocycles. The van der Waals surface area contributed by atoms with E-state index >= 15 is 0 Å². The molecule has 10 heteroatoms. The lowest BCUT2D eigenvalue weighted by molar-refractivity contribution is -0.383. The lowest BCUT2D eigenvalue weighted by Crippen LogP contribution is -2.22. The molecule has 0 fully saturated rings. The number of aromatic nitrogens is 2. The van der Waals surface area contributed by atoms with Crippen molar-refractivity contribution in [2.45, 2.75) is 0 Å². The Morgan fingerprint density at radius 3 is 2.65 bits per heavy atom. The summed E-state index contributed by atoms with van der Waals surface area (Å²) in [5.41, 5.74) is 4.96. The maximum atomic E-state index is 11.7. The van der Waals surface area contributed by atoms with E-state index in [9.17, 15) is 19.7 Å². The lowest BCUT2D eigenvalue weighted by Gasteiger charge is -2.07. The molecule has 2 rings (SSSR count). The Labute approximate surface area is 129 Å². The normalized spacial score (nSPS) is 9.91. The summed E-state index contributed by atoms with van der Waals surface area (Å²) in [5.74, 6) is -1.79. The van der Waals surface area contributed by atoms with Crippen molar-refractivity contribution in [2.75, 3.05) is 17.7 Å². The molecule has 0 unspecified atom stereocenters. The van der Waals surface area contributed by atoms with Crippen molar-refractivity contribution < 1.29 is 19.2 Å². The zero-order valence-electron chi connectivity index (χ0n) is 11.6. The van der Waals surface area contributed by atoms with Crippen molar-refractivity contribution >= 4 is 29.1 Å². The molecule has 2 aromatic rings. The number of anilines is 2. The largest absolute Gasteiger partial charge is 0.451 e. The highest BCUT2D eigenvalue weighted by molar-refractivity contribution is 5.97. The number of ether oxygens (including phenoxy) is 1. The number of nitrogens with zero attached hydrogens (tertiary/aromatic N) is 3. The minimum atomic E-state index is -0.923. The number of nitrogens with two attached hydrogens (primary N) is 1. The van der Waals surface area contributed by atoms with Crippen LogP contribution in [0.15, 0.2) is 36.7 Å². The Balaban J connectivity index is 1.97. The van der Waals surface area contributed by atoms with Gasteiger partial charge in [0.25, 0.3) is 11.6 Å². The van der Waals surface area contributed by atoms with Gasteiger partial charge in [0.15, 0.2) is 18.1 Å². The zero-order valence-corrected chi connectivity index (χ0v) is 11.6. The molecule has 0 saturated heterocycles. The number of rotatable bonds is 5. The number of hydrogen-bond donors (Lipinski definition) is 2. The quantitative estimate of drug-likeness (QED) is 0.466. The van der Waals surface area contributed by atoms with Gasteiger partial charge in [0, 0.05) is 18.5 Å². The van der Waals surface area contributed by atoms with Crippen molar-refractivity contribution in [3.63, 3.8) is 0 Å². The van der Waals surface area contributed by atoms with E-state index in [1.165, 1.54) is 36.7 Å². The van der Waals surface area contributed by atoms with Crippen LogP contribution in [0, 0.1) is 10.1 Å². The van der Waals surface area contributed by atoms with Gasteiger partial charge in [0.1, 0.15) is 5.69 Å². The second-order valence-electron chi connectivity index (χ2n) is 4.19. The van der Waals surface area contributed by atoms with Crippen LogP contribution in [0.2, 0.25) is 0 Å². The third-order valence-electron chi connectivity index (χ3n) is 2.63. The van der Waals surface area contributed by atoms with Gasteiger partial charge in [-0.05, 0) is 6.07 Å². The lowest BCUT2D eigenvalue weighted by atomic mass is 10.2.